The third kappa shape index (κ3) is 6.17. The van der Waals surface area contributed by atoms with Crippen LogP contribution in [0.25, 0.3) is 0 Å². The van der Waals surface area contributed by atoms with Crippen LogP contribution in [0.3, 0.4) is 0 Å². The van der Waals surface area contributed by atoms with Gasteiger partial charge in [0.05, 0.1) is 6.54 Å². The Morgan fingerprint density at radius 1 is 1.32 bits per heavy atom. The summed E-state index contributed by atoms with van der Waals surface area (Å²) in [5.41, 5.74) is 0. The molecule has 2 aromatic rings. The van der Waals surface area contributed by atoms with Crippen LogP contribution in [0.1, 0.15) is 44.3 Å². The summed E-state index contributed by atoms with van der Waals surface area (Å²) in [7, 11) is 1.74. The molecule has 25 heavy (non-hydrogen) atoms. The monoisotopic (exact) mass is 349 g/mol. The molecule has 0 aliphatic rings. The van der Waals surface area contributed by atoms with Crippen LogP contribution in [0.2, 0.25) is 0 Å². The van der Waals surface area contributed by atoms with Gasteiger partial charge >= 0.3 is 0 Å². The summed E-state index contributed by atoms with van der Waals surface area (Å²) in [4.78, 5) is 18.0. The van der Waals surface area contributed by atoms with E-state index in [1.165, 1.54) is 12.1 Å². The molecule has 0 unspecified atom stereocenters. The van der Waals surface area contributed by atoms with Gasteiger partial charge in [-0.25, -0.2) is 4.39 Å². The Morgan fingerprint density at radius 3 is 2.68 bits per heavy atom. The molecule has 0 N–H and O–H groups in total. The zero-order chi connectivity index (χ0) is 18.2. The molecule has 1 heterocycles. The summed E-state index contributed by atoms with van der Waals surface area (Å²) in [5.74, 6) is 1.80. The van der Waals surface area contributed by atoms with Gasteiger partial charge in [0.25, 0.3) is 0 Å². The number of nitrogens with zero attached hydrogens (tertiary/aromatic N) is 3. The molecule has 0 fully saturated rings. The van der Waals surface area contributed by atoms with Crippen LogP contribution in [0, 0.1) is 5.82 Å². The number of hydrogen-bond donors (Lipinski definition) is 0. The van der Waals surface area contributed by atoms with Gasteiger partial charge in [-0.1, -0.05) is 19.0 Å². The Balaban J connectivity index is 1.64. The van der Waals surface area contributed by atoms with Crippen molar-refractivity contribution in [3.8, 4) is 5.75 Å². The lowest BCUT2D eigenvalue weighted by Gasteiger charge is -2.17. The predicted octanol–water partition coefficient (Wildman–Crippen LogP) is 3.19. The van der Waals surface area contributed by atoms with Crippen LogP contribution < -0.4 is 4.74 Å². The predicted molar refractivity (Wildman–Crippen MR) is 90.9 cm³/mol. The molecule has 7 heteroatoms. The SMILES string of the molecule is CC(C)c1noc(CCCC(=O)N(C)CCOc2ccc(F)cc2)n1. The molecule has 136 valence electrons. The van der Waals surface area contributed by atoms with Crippen molar-refractivity contribution in [1.82, 2.24) is 15.0 Å². The number of aryl methyl sites for hydroxylation is 1. The molecule has 0 spiro atoms. The lowest BCUT2D eigenvalue weighted by molar-refractivity contribution is -0.130. The molecule has 0 radical (unpaired) electrons. The highest BCUT2D eigenvalue weighted by Crippen LogP contribution is 2.12. The van der Waals surface area contributed by atoms with Gasteiger partial charge in [0.2, 0.25) is 11.8 Å². The van der Waals surface area contributed by atoms with E-state index < -0.39 is 0 Å². The second kappa shape index (κ2) is 9.15. The Hall–Kier alpha value is -2.44. The summed E-state index contributed by atoms with van der Waals surface area (Å²) < 4.78 is 23.4. The molecule has 0 aliphatic heterocycles. The Morgan fingerprint density at radius 2 is 2.04 bits per heavy atom. The fourth-order valence-corrected chi connectivity index (χ4v) is 2.14. The van der Waals surface area contributed by atoms with E-state index in [2.05, 4.69) is 10.1 Å². The number of hydrogen-bond acceptors (Lipinski definition) is 5. The molecule has 0 bridgehead atoms. The maximum Gasteiger partial charge on any atom is 0.226 e. The zero-order valence-corrected chi connectivity index (χ0v) is 14.9. The van der Waals surface area contributed by atoms with Gasteiger partial charge in [-0.3, -0.25) is 4.79 Å². The van der Waals surface area contributed by atoms with E-state index in [-0.39, 0.29) is 17.6 Å². The van der Waals surface area contributed by atoms with Crippen LogP contribution >= 0.6 is 0 Å². The average molecular weight is 349 g/mol. The number of ether oxygens (including phenoxy) is 1. The van der Waals surface area contributed by atoms with Crippen molar-refractivity contribution in [2.75, 3.05) is 20.2 Å². The summed E-state index contributed by atoms with van der Waals surface area (Å²) >= 11 is 0. The van der Waals surface area contributed by atoms with E-state index in [4.69, 9.17) is 9.26 Å². The number of benzene rings is 1. The smallest absolute Gasteiger partial charge is 0.226 e. The fraction of sp³-hybridized carbons (Fsp3) is 0.500. The minimum Gasteiger partial charge on any atom is -0.492 e. The third-order valence-corrected chi connectivity index (χ3v) is 3.72. The number of aromatic nitrogens is 2. The third-order valence-electron chi connectivity index (χ3n) is 3.72. The first-order valence-electron chi connectivity index (χ1n) is 8.40. The molecule has 1 aromatic carbocycles. The van der Waals surface area contributed by atoms with Gasteiger partial charge < -0.3 is 14.2 Å². The van der Waals surface area contributed by atoms with Crippen molar-refractivity contribution in [1.29, 1.82) is 0 Å². The van der Waals surface area contributed by atoms with Crippen LogP contribution in [0.15, 0.2) is 28.8 Å². The van der Waals surface area contributed by atoms with Gasteiger partial charge in [0.1, 0.15) is 18.2 Å². The molecule has 2 rings (SSSR count). The largest absolute Gasteiger partial charge is 0.492 e. The van der Waals surface area contributed by atoms with Crippen LogP contribution in [-0.4, -0.2) is 41.1 Å². The van der Waals surface area contributed by atoms with E-state index in [1.54, 1.807) is 24.1 Å². The van der Waals surface area contributed by atoms with Crippen LogP contribution in [0.5, 0.6) is 5.75 Å². The molecule has 6 nitrogen and oxygen atoms in total. The fourth-order valence-electron chi connectivity index (χ4n) is 2.14. The van der Waals surface area contributed by atoms with Crippen LogP contribution in [0.4, 0.5) is 4.39 Å². The first-order valence-corrected chi connectivity index (χ1v) is 8.40. The molecule has 0 saturated carbocycles. The molecule has 0 saturated heterocycles. The van der Waals surface area contributed by atoms with E-state index in [0.29, 0.717) is 49.9 Å². The Bertz CT molecular complexity index is 670. The van der Waals surface area contributed by atoms with Crippen molar-refractivity contribution in [3.63, 3.8) is 0 Å². The van der Waals surface area contributed by atoms with E-state index >= 15 is 0 Å². The van der Waals surface area contributed by atoms with Gasteiger partial charge in [0, 0.05) is 25.8 Å². The van der Waals surface area contributed by atoms with Crippen molar-refractivity contribution in [2.45, 2.75) is 39.0 Å². The van der Waals surface area contributed by atoms with Crippen molar-refractivity contribution >= 4 is 5.91 Å². The van der Waals surface area contributed by atoms with Crippen molar-refractivity contribution in [2.24, 2.45) is 0 Å². The summed E-state index contributed by atoms with van der Waals surface area (Å²) in [6.45, 7) is 4.83. The molecular formula is C18H24FN3O3. The maximum absolute atomic E-state index is 12.8. The number of carbonyl (C=O) groups is 1. The first-order chi connectivity index (χ1) is 12.0. The van der Waals surface area contributed by atoms with Gasteiger partial charge in [-0.15, -0.1) is 0 Å². The maximum atomic E-state index is 12.8. The summed E-state index contributed by atoms with van der Waals surface area (Å²) in [6.07, 6.45) is 1.65. The van der Waals surface area contributed by atoms with E-state index in [1.807, 2.05) is 13.8 Å². The molecule has 1 amide bonds. The highest BCUT2D eigenvalue weighted by atomic mass is 19.1. The van der Waals surface area contributed by atoms with Gasteiger partial charge in [-0.2, -0.15) is 4.98 Å². The number of carbonyl (C=O) groups excluding carboxylic acids is 1. The Labute approximate surface area is 147 Å². The summed E-state index contributed by atoms with van der Waals surface area (Å²) in [5, 5.41) is 3.90. The van der Waals surface area contributed by atoms with Crippen molar-refractivity contribution in [3.05, 3.63) is 41.8 Å². The number of amides is 1. The van der Waals surface area contributed by atoms with Crippen LogP contribution in [-0.2, 0) is 11.2 Å². The lowest BCUT2D eigenvalue weighted by atomic mass is 10.2. The molecule has 0 atom stereocenters. The highest BCUT2D eigenvalue weighted by molar-refractivity contribution is 5.75. The molecule has 0 aliphatic carbocycles. The quantitative estimate of drug-likeness (QED) is 0.695. The number of rotatable bonds is 9. The minimum atomic E-state index is -0.304. The molecular weight excluding hydrogens is 325 g/mol. The van der Waals surface area contributed by atoms with E-state index in [0.717, 1.165) is 0 Å². The summed E-state index contributed by atoms with van der Waals surface area (Å²) in [6, 6.07) is 5.80. The second-order valence-electron chi connectivity index (χ2n) is 6.17. The average Bonchev–Trinajstić information content (AvgIpc) is 3.05. The molecule has 1 aromatic heterocycles. The first kappa shape index (κ1) is 18.9. The van der Waals surface area contributed by atoms with Gasteiger partial charge in [-0.05, 0) is 30.7 Å². The number of halogens is 1. The Kier molecular flexibility index (Phi) is 6.91. The minimum absolute atomic E-state index is 0.0336. The van der Waals surface area contributed by atoms with E-state index in [9.17, 15) is 9.18 Å². The number of likely N-dealkylation sites (N-methyl/N-ethyl adjacent to an activating group) is 1. The lowest BCUT2D eigenvalue weighted by Crippen LogP contribution is -2.30. The normalized spacial score (nSPS) is 10.9. The topological polar surface area (TPSA) is 68.5 Å². The zero-order valence-electron chi connectivity index (χ0n) is 14.9. The second-order valence-corrected chi connectivity index (χ2v) is 6.17. The van der Waals surface area contributed by atoms with Gasteiger partial charge in [0.15, 0.2) is 5.82 Å². The standard InChI is InChI=1S/C18H24FN3O3/c1-13(2)18-20-16(25-21-18)5-4-6-17(23)22(3)11-12-24-15-9-7-14(19)8-10-15/h7-10,13H,4-6,11-12H2,1-3H3. The highest BCUT2D eigenvalue weighted by Gasteiger charge is 2.12. The van der Waals surface area contributed by atoms with Crippen molar-refractivity contribution < 1.29 is 18.4 Å².